The summed E-state index contributed by atoms with van der Waals surface area (Å²) in [4.78, 5) is 13.9. The topological polar surface area (TPSA) is 38.8 Å². The van der Waals surface area contributed by atoms with E-state index in [1.807, 2.05) is 20.8 Å². The average Bonchev–Trinajstić information content (AvgIpc) is 2.35. The smallest absolute Gasteiger partial charge is 0.410 e. The lowest BCUT2D eigenvalue weighted by atomic mass is 9.85. The van der Waals surface area contributed by atoms with Gasteiger partial charge in [-0.05, 0) is 52.4 Å². The van der Waals surface area contributed by atoms with Gasteiger partial charge >= 0.3 is 6.09 Å². The van der Waals surface area contributed by atoms with Crippen molar-refractivity contribution in [3.8, 4) is 0 Å². The number of amides is 1. The summed E-state index contributed by atoms with van der Waals surface area (Å²) in [5.41, 5.74) is -0.532. The van der Waals surface area contributed by atoms with Crippen molar-refractivity contribution in [2.45, 2.75) is 64.1 Å². The molecule has 0 bridgehead atoms. The summed E-state index contributed by atoms with van der Waals surface area (Å²) in [6.07, 6.45) is 5.52. The van der Waals surface area contributed by atoms with Crippen molar-refractivity contribution in [1.82, 2.24) is 4.90 Å². The fraction of sp³-hybridized carbons (Fsp3) is 0.938. The van der Waals surface area contributed by atoms with E-state index >= 15 is 0 Å². The van der Waals surface area contributed by atoms with E-state index in [4.69, 9.17) is 9.47 Å². The Kier molecular flexibility index (Phi) is 5.58. The number of halogens is 1. The van der Waals surface area contributed by atoms with Gasteiger partial charge in [0.15, 0.2) is 0 Å². The number of piperidine rings is 1. The zero-order valence-corrected chi connectivity index (χ0v) is 15.1. The van der Waals surface area contributed by atoms with E-state index in [1.54, 1.807) is 4.90 Å². The predicted octanol–water partition coefficient (Wildman–Crippen LogP) is 3.97. The van der Waals surface area contributed by atoms with Gasteiger partial charge in [0.05, 0.1) is 12.2 Å². The molecular formula is C16H28BrNO3. The summed E-state index contributed by atoms with van der Waals surface area (Å²) in [6, 6.07) is 0. The minimum atomic E-state index is -0.429. The van der Waals surface area contributed by atoms with Gasteiger partial charge in [0.25, 0.3) is 0 Å². The number of nitrogens with zero attached hydrogens (tertiary/aromatic N) is 1. The van der Waals surface area contributed by atoms with E-state index in [1.165, 1.54) is 19.3 Å². The maximum atomic E-state index is 12.1. The highest BCUT2D eigenvalue weighted by Gasteiger charge is 2.38. The van der Waals surface area contributed by atoms with Crippen LogP contribution >= 0.6 is 15.9 Å². The van der Waals surface area contributed by atoms with Gasteiger partial charge in [-0.25, -0.2) is 4.79 Å². The number of hydrogen-bond donors (Lipinski definition) is 0. The first kappa shape index (κ1) is 17.1. The molecule has 1 aliphatic carbocycles. The number of ether oxygens (including phenoxy) is 2. The molecule has 1 amide bonds. The molecule has 1 saturated heterocycles. The molecule has 0 atom stereocenters. The van der Waals surface area contributed by atoms with Crippen molar-refractivity contribution < 1.29 is 14.3 Å². The normalized spacial score (nSPS) is 22.8. The van der Waals surface area contributed by atoms with Crippen LogP contribution in [-0.2, 0) is 9.47 Å². The van der Waals surface area contributed by atoms with Crippen LogP contribution in [0, 0.1) is 5.92 Å². The van der Waals surface area contributed by atoms with Crippen LogP contribution in [-0.4, -0.2) is 47.2 Å². The van der Waals surface area contributed by atoms with Crippen LogP contribution in [0.25, 0.3) is 0 Å². The Bertz CT molecular complexity index is 355. The molecule has 21 heavy (non-hydrogen) atoms. The summed E-state index contributed by atoms with van der Waals surface area (Å²) in [6.45, 7) is 8.01. The van der Waals surface area contributed by atoms with Gasteiger partial charge in [-0.2, -0.15) is 0 Å². The highest BCUT2D eigenvalue weighted by atomic mass is 79.9. The molecule has 1 heterocycles. The lowest BCUT2D eigenvalue weighted by Crippen LogP contribution is -2.50. The zero-order valence-electron chi connectivity index (χ0n) is 13.5. The SMILES string of the molecule is CC(C)(C)OC(=O)N1CCC(CBr)(OCC2CCC2)CC1. The Morgan fingerprint density at radius 3 is 2.33 bits per heavy atom. The number of rotatable bonds is 4. The van der Waals surface area contributed by atoms with Crippen molar-refractivity contribution in [3.63, 3.8) is 0 Å². The van der Waals surface area contributed by atoms with E-state index in [0.717, 1.165) is 30.7 Å². The van der Waals surface area contributed by atoms with Gasteiger partial charge in [-0.3, -0.25) is 0 Å². The van der Waals surface area contributed by atoms with E-state index in [9.17, 15) is 4.79 Å². The Morgan fingerprint density at radius 1 is 1.29 bits per heavy atom. The largest absolute Gasteiger partial charge is 0.444 e. The Balaban J connectivity index is 1.80. The van der Waals surface area contributed by atoms with Crippen LogP contribution in [0.4, 0.5) is 4.79 Å². The van der Waals surface area contributed by atoms with Gasteiger partial charge in [-0.1, -0.05) is 22.4 Å². The molecule has 0 aromatic rings. The number of likely N-dealkylation sites (tertiary alicyclic amines) is 1. The maximum Gasteiger partial charge on any atom is 0.410 e. The van der Waals surface area contributed by atoms with Crippen LogP contribution in [0.2, 0.25) is 0 Å². The molecule has 0 spiro atoms. The van der Waals surface area contributed by atoms with Gasteiger partial charge < -0.3 is 14.4 Å². The number of carbonyl (C=O) groups excluding carboxylic acids is 1. The predicted molar refractivity (Wildman–Crippen MR) is 86.9 cm³/mol. The summed E-state index contributed by atoms with van der Waals surface area (Å²) in [5.74, 6) is 0.754. The van der Waals surface area contributed by atoms with Crippen molar-refractivity contribution in [3.05, 3.63) is 0 Å². The zero-order chi connectivity index (χ0) is 15.5. The Labute approximate surface area is 136 Å². The summed E-state index contributed by atoms with van der Waals surface area (Å²) in [5, 5.41) is 0.842. The van der Waals surface area contributed by atoms with Crippen molar-refractivity contribution in [1.29, 1.82) is 0 Å². The van der Waals surface area contributed by atoms with Crippen LogP contribution in [0.5, 0.6) is 0 Å². The fourth-order valence-corrected chi connectivity index (χ4v) is 3.42. The van der Waals surface area contributed by atoms with Crippen molar-refractivity contribution in [2.24, 2.45) is 5.92 Å². The second kappa shape index (κ2) is 6.86. The number of hydrogen-bond acceptors (Lipinski definition) is 3. The number of alkyl halides is 1. The summed E-state index contributed by atoms with van der Waals surface area (Å²) in [7, 11) is 0. The van der Waals surface area contributed by atoms with Crippen LogP contribution < -0.4 is 0 Å². The van der Waals surface area contributed by atoms with Crippen LogP contribution in [0.3, 0.4) is 0 Å². The van der Waals surface area contributed by atoms with E-state index in [-0.39, 0.29) is 11.7 Å². The first-order valence-electron chi connectivity index (χ1n) is 8.01. The monoisotopic (exact) mass is 361 g/mol. The quantitative estimate of drug-likeness (QED) is 0.711. The average molecular weight is 362 g/mol. The first-order chi connectivity index (χ1) is 9.84. The van der Waals surface area contributed by atoms with Crippen molar-refractivity contribution in [2.75, 3.05) is 25.0 Å². The second-order valence-corrected chi connectivity index (χ2v) is 7.95. The molecule has 2 aliphatic rings. The Morgan fingerprint density at radius 2 is 1.90 bits per heavy atom. The van der Waals surface area contributed by atoms with Crippen molar-refractivity contribution >= 4 is 22.0 Å². The summed E-state index contributed by atoms with van der Waals surface area (Å²) >= 11 is 3.60. The Hall–Kier alpha value is -0.290. The lowest BCUT2D eigenvalue weighted by molar-refractivity contribution is -0.0874. The first-order valence-corrected chi connectivity index (χ1v) is 9.14. The molecule has 1 saturated carbocycles. The maximum absolute atomic E-state index is 12.1. The van der Waals surface area contributed by atoms with E-state index in [0.29, 0.717) is 13.1 Å². The van der Waals surface area contributed by atoms with Crippen LogP contribution in [0.1, 0.15) is 52.9 Å². The van der Waals surface area contributed by atoms with E-state index in [2.05, 4.69) is 15.9 Å². The molecular weight excluding hydrogens is 334 g/mol. The molecule has 5 heteroatoms. The second-order valence-electron chi connectivity index (χ2n) is 7.39. The van der Waals surface area contributed by atoms with Gasteiger partial charge in [0, 0.05) is 18.4 Å². The van der Waals surface area contributed by atoms with Gasteiger partial charge in [0.1, 0.15) is 5.60 Å². The molecule has 2 fully saturated rings. The molecule has 0 aromatic heterocycles. The molecule has 4 nitrogen and oxygen atoms in total. The molecule has 1 aliphatic heterocycles. The minimum Gasteiger partial charge on any atom is -0.444 e. The molecule has 122 valence electrons. The van der Waals surface area contributed by atoms with E-state index < -0.39 is 5.60 Å². The van der Waals surface area contributed by atoms with Gasteiger partial charge in [0.2, 0.25) is 0 Å². The lowest BCUT2D eigenvalue weighted by Gasteiger charge is -2.42. The third-order valence-electron chi connectivity index (χ3n) is 4.42. The highest BCUT2D eigenvalue weighted by Crippen LogP contribution is 2.33. The third kappa shape index (κ3) is 4.85. The molecule has 0 unspecified atom stereocenters. The molecule has 0 radical (unpaired) electrons. The standard InChI is InChI=1S/C16H28BrNO3/c1-15(2,3)21-14(19)18-9-7-16(12-17,8-10-18)20-11-13-5-4-6-13/h13H,4-12H2,1-3H3. The molecule has 2 rings (SSSR count). The fourth-order valence-electron chi connectivity index (χ4n) is 2.69. The summed E-state index contributed by atoms with van der Waals surface area (Å²) < 4.78 is 11.7. The van der Waals surface area contributed by atoms with Crippen LogP contribution in [0.15, 0.2) is 0 Å². The molecule has 0 N–H and O–H groups in total. The van der Waals surface area contributed by atoms with Gasteiger partial charge in [-0.15, -0.1) is 0 Å². The minimum absolute atomic E-state index is 0.103. The molecule has 0 aromatic carbocycles. The highest BCUT2D eigenvalue weighted by molar-refractivity contribution is 9.09. The third-order valence-corrected chi connectivity index (χ3v) is 5.44. The number of carbonyl (C=O) groups is 1.